The lowest BCUT2D eigenvalue weighted by molar-refractivity contribution is 0.308. The van der Waals surface area contributed by atoms with Crippen molar-refractivity contribution in [2.45, 2.75) is 31.7 Å². The highest BCUT2D eigenvalue weighted by Crippen LogP contribution is 2.31. The van der Waals surface area contributed by atoms with Gasteiger partial charge in [-0.1, -0.05) is 0 Å². The van der Waals surface area contributed by atoms with Crippen molar-refractivity contribution in [1.82, 2.24) is 10.3 Å². The first-order valence-corrected chi connectivity index (χ1v) is 6.47. The minimum atomic E-state index is 0.402. The molecule has 0 aliphatic heterocycles. The number of hydrogen-bond donors (Lipinski definition) is 1. The third-order valence-corrected chi connectivity index (χ3v) is 3.49. The van der Waals surface area contributed by atoms with Gasteiger partial charge in [0.05, 0.1) is 12.8 Å². The number of halogens is 1. The lowest BCUT2D eigenvalue weighted by Crippen LogP contribution is -2.33. The third kappa shape index (κ3) is 3.58. The summed E-state index contributed by atoms with van der Waals surface area (Å²) in [6.07, 6.45) is 2.28. The topological polar surface area (TPSA) is 34.1 Å². The van der Waals surface area contributed by atoms with E-state index in [9.17, 15) is 0 Å². The van der Waals surface area contributed by atoms with Crippen LogP contribution in [0, 0.1) is 12.8 Å². The molecule has 1 heterocycles. The van der Waals surface area contributed by atoms with E-state index in [4.69, 9.17) is 16.3 Å². The molecule has 3 nitrogen and oxygen atoms in total. The Labute approximate surface area is 108 Å². The van der Waals surface area contributed by atoms with Crippen LogP contribution in [0.4, 0.5) is 0 Å². The molecule has 17 heavy (non-hydrogen) atoms. The van der Waals surface area contributed by atoms with Crippen LogP contribution < -0.4 is 10.1 Å². The van der Waals surface area contributed by atoms with Crippen molar-refractivity contribution in [3.8, 4) is 5.75 Å². The maximum atomic E-state index is 5.94. The summed E-state index contributed by atoms with van der Waals surface area (Å²) in [4.78, 5) is 4.47. The van der Waals surface area contributed by atoms with Crippen LogP contribution in [0.15, 0.2) is 12.1 Å². The number of nitrogens with one attached hydrogen (secondary N) is 1. The van der Waals surface area contributed by atoms with Crippen LogP contribution >= 0.6 is 11.6 Å². The van der Waals surface area contributed by atoms with E-state index in [-0.39, 0.29) is 0 Å². The highest BCUT2D eigenvalue weighted by Gasteiger charge is 2.26. The first-order chi connectivity index (χ1) is 8.17. The molecule has 0 atom stereocenters. The minimum absolute atomic E-state index is 0.402. The van der Waals surface area contributed by atoms with Crippen LogP contribution in [0.1, 0.15) is 24.2 Å². The van der Waals surface area contributed by atoms with Crippen molar-refractivity contribution < 1.29 is 4.74 Å². The molecular weight excluding hydrogens is 236 g/mol. The summed E-state index contributed by atoms with van der Waals surface area (Å²) in [7, 11) is 1.68. The second-order valence-electron chi connectivity index (χ2n) is 4.71. The zero-order valence-corrected chi connectivity index (χ0v) is 11.1. The molecule has 4 heteroatoms. The summed E-state index contributed by atoms with van der Waals surface area (Å²) >= 11 is 5.94. The Morgan fingerprint density at radius 1 is 1.47 bits per heavy atom. The fourth-order valence-electron chi connectivity index (χ4n) is 2.14. The standard InChI is InChI=1S/C13H19ClN2O/c1-9-3-13(17-2)6-12(16-9)8-15-7-10-4-11(14)5-10/h3,6,10-11,15H,4-5,7-8H2,1-2H3. The van der Waals surface area contributed by atoms with Crippen LogP contribution in [-0.4, -0.2) is 24.0 Å². The Balaban J connectivity index is 1.80. The van der Waals surface area contributed by atoms with Gasteiger partial charge in [0.25, 0.3) is 0 Å². The van der Waals surface area contributed by atoms with Gasteiger partial charge in [0.15, 0.2) is 0 Å². The van der Waals surface area contributed by atoms with Crippen LogP contribution in [0.3, 0.4) is 0 Å². The van der Waals surface area contributed by atoms with Gasteiger partial charge in [0.2, 0.25) is 0 Å². The van der Waals surface area contributed by atoms with Gasteiger partial charge in [-0.05, 0) is 32.2 Å². The Hall–Kier alpha value is -0.800. The summed E-state index contributed by atoms with van der Waals surface area (Å²) in [5.41, 5.74) is 2.02. The number of methoxy groups -OCH3 is 1. The zero-order chi connectivity index (χ0) is 12.3. The number of hydrogen-bond acceptors (Lipinski definition) is 3. The van der Waals surface area contributed by atoms with Gasteiger partial charge in [0.1, 0.15) is 5.75 Å². The van der Waals surface area contributed by atoms with Gasteiger partial charge in [-0.2, -0.15) is 0 Å². The van der Waals surface area contributed by atoms with E-state index in [1.165, 1.54) is 0 Å². The molecule has 0 bridgehead atoms. The fourth-order valence-corrected chi connectivity index (χ4v) is 2.64. The van der Waals surface area contributed by atoms with Crippen LogP contribution in [0.5, 0.6) is 5.75 Å². The summed E-state index contributed by atoms with van der Waals surface area (Å²) in [6, 6.07) is 3.92. The number of rotatable bonds is 5. The number of ether oxygens (including phenoxy) is 1. The van der Waals surface area contributed by atoms with Crippen molar-refractivity contribution in [1.29, 1.82) is 0 Å². The maximum absolute atomic E-state index is 5.94. The Kier molecular flexibility index (Phi) is 4.24. The molecule has 94 valence electrons. The molecule has 1 aliphatic carbocycles. The number of alkyl halides is 1. The number of aromatic nitrogens is 1. The van der Waals surface area contributed by atoms with E-state index in [1.807, 2.05) is 19.1 Å². The molecule has 0 spiro atoms. The van der Waals surface area contributed by atoms with E-state index in [0.29, 0.717) is 5.38 Å². The largest absolute Gasteiger partial charge is 0.497 e. The Bertz CT molecular complexity index is 378. The molecule has 1 aromatic heterocycles. The van der Waals surface area contributed by atoms with E-state index < -0.39 is 0 Å². The van der Waals surface area contributed by atoms with Gasteiger partial charge < -0.3 is 10.1 Å². The third-order valence-electron chi connectivity index (χ3n) is 3.13. The van der Waals surface area contributed by atoms with Crippen LogP contribution in [-0.2, 0) is 6.54 Å². The monoisotopic (exact) mass is 254 g/mol. The van der Waals surface area contributed by atoms with Crippen LogP contribution in [0.25, 0.3) is 0 Å². The first kappa shape index (κ1) is 12.7. The number of nitrogens with zero attached hydrogens (tertiary/aromatic N) is 1. The molecular formula is C13H19ClN2O. The van der Waals surface area contributed by atoms with E-state index in [2.05, 4.69) is 10.3 Å². The predicted octanol–water partition coefficient (Wildman–Crippen LogP) is 2.51. The van der Waals surface area contributed by atoms with E-state index in [1.54, 1.807) is 7.11 Å². The van der Waals surface area contributed by atoms with Gasteiger partial charge in [-0.25, -0.2) is 0 Å². The van der Waals surface area contributed by atoms with Gasteiger partial charge in [-0.3, -0.25) is 4.98 Å². The summed E-state index contributed by atoms with van der Waals surface area (Å²) in [5.74, 6) is 1.61. The first-order valence-electron chi connectivity index (χ1n) is 6.03. The second kappa shape index (κ2) is 5.69. The SMILES string of the molecule is COc1cc(C)nc(CNCC2CC(Cl)C2)c1. The molecule has 1 N–H and O–H groups in total. The predicted molar refractivity (Wildman–Crippen MR) is 69.6 cm³/mol. The summed E-state index contributed by atoms with van der Waals surface area (Å²) < 4.78 is 5.22. The summed E-state index contributed by atoms with van der Waals surface area (Å²) in [5, 5.41) is 3.83. The lowest BCUT2D eigenvalue weighted by atomic mass is 9.85. The normalized spacial score (nSPS) is 23.2. The Morgan fingerprint density at radius 3 is 2.88 bits per heavy atom. The van der Waals surface area contributed by atoms with E-state index >= 15 is 0 Å². The van der Waals surface area contributed by atoms with E-state index in [0.717, 1.165) is 49.0 Å². The smallest absolute Gasteiger partial charge is 0.122 e. The van der Waals surface area contributed by atoms with Crippen molar-refractivity contribution in [3.63, 3.8) is 0 Å². The number of aryl methyl sites for hydroxylation is 1. The number of pyridine rings is 1. The van der Waals surface area contributed by atoms with Gasteiger partial charge in [0, 0.05) is 29.7 Å². The molecule has 1 fully saturated rings. The average Bonchev–Trinajstić information content (AvgIpc) is 2.26. The van der Waals surface area contributed by atoms with Gasteiger partial charge in [-0.15, -0.1) is 11.6 Å². The van der Waals surface area contributed by atoms with Crippen molar-refractivity contribution >= 4 is 11.6 Å². The van der Waals surface area contributed by atoms with Crippen molar-refractivity contribution in [2.75, 3.05) is 13.7 Å². The van der Waals surface area contributed by atoms with Crippen molar-refractivity contribution in [2.24, 2.45) is 5.92 Å². The molecule has 0 saturated heterocycles. The van der Waals surface area contributed by atoms with Crippen molar-refractivity contribution in [3.05, 3.63) is 23.5 Å². The molecule has 1 saturated carbocycles. The molecule has 2 rings (SSSR count). The summed E-state index contributed by atoms with van der Waals surface area (Å²) in [6.45, 7) is 3.80. The lowest BCUT2D eigenvalue weighted by Gasteiger charge is -2.30. The fraction of sp³-hybridized carbons (Fsp3) is 0.615. The average molecular weight is 255 g/mol. The zero-order valence-electron chi connectivity index (χ0n) is 10.4. The molecule has 1 aliphatic rings. The highest BCUT2D eigenvalue weighted by molar-refractivity contribution is 6.21. The molecule has 0 aromatic carbocycles. The maximum Gasteiger partial charge on any atom is 0.122 e. The highest BCUT2D eigenvalue weighted by atomic mass is 35.5. The minimum Gasteiger partial charge on any atom is -0.497 e. The molecule has 0 unspecified atom stereocenters. The molecule has 0 radical (unpaired) electrons. The molecule has 1 aromatic rings. The van der Waals surface area contributed by atoms with Crippen LogP contribution in [0.2, 0.25) is 0 Å². The molecule has 0 amide bonds. The van der Waals surface area contributed by atoms with Gasteiger partial charge >= 0.3 is 0 Å². The Morgan fingerprint density at radius 2 is 2.24 bits per heavy atom. The second-order valence-corrected chi connectivity index (χ2v) is 5.32. The quantitative estimate of drug-likeness (QED) is 0.820.